The second-order valence-corrected chi connectivity index (χ2v) is 18.0. The Kier molecular flexibility index (Phi) is 11.3. The van der Waals surface area contributed by atoms with Crippen LogP contribution in [0.3, 0.4) is 0 Å². The minimum absolute atomic E-state index is 0.0951. The van der Waals surface area contributed by atoms with Gasteiger partial charge in [-0.1, -0.05) is 17.7 Å². The molecule has 16 nitrogen and oxygen atoms in total. The van der Waals surface area contributed by atoms with Crippen LogP contribution in [0.4, 0.5) is 23.1 Å². The number of rotatable bonds is 11. The Bertz CT molecular complexity index is 2490. The molecule has 4 aliphatic heterocycles. The molecule has 4 aromatic rings. The molecule has 1 unspecified atom stereocenters. The molecule has 1 aliphatic carbocycles. The van der Waals surface area contributed by atoms with Crippen molar-refractivity contribution in [3.8, 4) is 5.75 Å². The van der Waals surface area contributed by atoms with Crippen LogP contribution in [0.25, 0.3) is 10.9 Å². The van der Waals surface area contributed by atoms with Crippen LogP contribution in [0, 0.1) is 5.41 Å². The highest BCUT2D eigenvalue weighted by atomic mass is 35.5. The number of nitrogens with zero attached hydrogens (tertiary/aromatic N) is 6. The number of hydrogen-bond acceptors (Lipinski definition) is 12. The summed E-state index contributed by atoms with van der Waals surface area (Å²) in [4.78, 5) is 78.4. The first-order chi connectivity index (χ1) is 29.9. The summed E-state index contributed by atoms with van der Waals surface area (Å²) < 4.78 is 14.0. The van der Waals surface area contributed by atoms with Gasteiger partial charge in [-0.2, -0.15) is 4.98 Å². The van der Waals surface area contributed by atoms with Gasteiger partial charge in [-0.3, -0.25) is 29.3 Å². The highest BCUT2D eigenvalue weighted by molar-refractivity contribution is 6.33. The van der Waals surface area contributed by atoms with Gasteiger partial charge in [-0.05, 0) is 101 Å². The maximum Gasteiger partial charge on any atom is 0.293 e. The number of pyridine rings is 1. The standard InChI is InChI=1S/C45H52ClN9O7/c1-26(2)55-34-8-7-28(19-27(34)20-37(43(55)60)61-25-39(57)47-3)49-40-33(46)23-48-44(51-40)53-17-13-45(14-18-53)21-30(22-45)62-29-11-15-52(16-12-29)35-6-4-5-31-32(35)24-54(42(31)59)36-9-10-38(56)50-41(36)58/h4-8,19-20,23,26,29-30,36H,9-18,21-22,24-25H2,1-3H3,(H,47,57)(H,48,49,51)(H,50,56,58). The average Bonchev–Trinajstić information content (AvgIpc) is 3.59. The van der Waals surface area contributed by atoms with Crippen LogP contribution in [-0.4, -0.2) is 101 Å². The van der Waals surface area contributed by atoms with E-state index in [2.05, 4.69) is 36.8 Å². The van der Waals surface area contributed by atoms with E-state index in [1.807, 2.05) is 44.2 Å². The van der Waals surface area contributed by atoms with E-state index in [0.29, 0.717) is 35.3 Å². The molecular formula is C45H52ClN9O7. The van der Waals surface area contributed by atoms with Crippen LogP contribution >= 0.6 is 11.6 Å². The van der Waals surface area contributed by atoms with E-state index >= 15 is 0 Å². The minimum atomic E-state index is -0.628. The Labute approximate surface area is 364 Å². The zero-order valence-corrected chi connectivity index (χ0v) is 36.0. The highest BCUT2D eigenvalue weighted by Crippen LogP contribution is 2.51. The summed E-state index contributed by atoms with van der Waals surface area (Å²) in [6, 6.07) is 12.4. The Morgan fingerprint density at radius 3 is 2.48 bits per heavy atom. The number of hydrogen-bond donors (Lipinski definition) is 3. The molecular weight excluding hydrogens is 814 g/mol. The number of nitrogens with one attached hydrogen (secondary N) is 3. The smallest absolute Gasteiger partial charge is 0.293 e. The first-order valence-corrected chi connectivity index (χ1v) is 22.0. The van der Waals surface area contributed by atoms with E-state index in [1.54, 1.807) is 21.7 Å². The van der Waals surface area contributed by atoms with E-state index in [-0.39, 0.29) is 65.7 Å². The van der Waals surface area contributed by atoms with Crippen LogP contribution < -0.4 is 36.0 Å². The number of likely N-dealkylation sites (N-methyl/N-ethyl adjacent to an activating group) is 1. The number of benzene rings is 2. The fourth-order valence-electron chi connectivity index (χ4n) is 9.93. The van der Waals surface area contributed by atoms with E-state index in [0.717, 1.165) is 92.5 Å². The third-order valence-corrected chi connectivity index (χ3v) is 13.6. The summed E-state index contributed by atoms with van der Waals surface area (Å²) in [5, 5.41) is 9.38. The molecule has 2 aromatic heterocycles. The Hall–Kier alpha value is -5.74. The molecule has 1 atom stereocenters. The third kappa shape index (κ3) is 8.05. The molecule has 0 radical (unpaired) electrons. The summed E-state index contributed by atoms with van der Waals surface area (Å²) >= 11 is 6.62. The van der Waals surface area contributed by atoms with Crippen LogP contribution in [0.2, 0.25) is 5.02 Å². The molecule has 3 saturated heterocycles. The van der Waals surface area contributed by atoms with Crippen molar-refractivity contribution in [1.29, 1.82) is 0 Å². The number of anilines is 4. The Morgan fingerprint density at radius 2 is 1.76 bits per heavy atom. The number of halogens is 1. The molecule has 3 N–H and O–H groups in total. The first-order valence-electron chi connectivity index (χ1n) is 21.6. The molecule has 6 heterocycles. The molecule has 1 saturated carbocycles. The molecule has 4 fully saturated rings. The van der Waals surface area contributed by atoms with Crippen molar-refractivity contribution in [3.63, 3.8) is 0 Å². The van der Waals surface area contributed by atoms with Gasteiger partial charge in [-0.25, -0.2) is 4.98 Å². The summed E-state index contributed by atoms with van der Waals surface area (Å²) in [5.41, 5.74) is 4.05. The van der Waals surface area contributed by atoms with Crippen LogP contribution in [-0.2, 0) is 25.7 Å². The number of fused-ring (bicyclic) bond motifs is 2. The van der Waals surface area contributed by atoms with Crippen LogP contribution in [0.1, 0.15) is 87.2 Å². The monoisotopic (exact) mass is 865 g/mol. The topological polar surface area (TPSA) is 180 Å². The first kappa shape index (κ1) is 41.6. The largest absolute Gasteiger partial charge is 0.478 e. The molecule has 17 heteroatoms. The fourth-order valence-corrected chi connectivity index (χ4v) is 10.1. The van der Waals surface area contributed by atoms with Crippen molar-refractivity contribution < 1.29 is 28.7 Å². The average molecular weight is 866 g/mol. The highest BCUT2D eigenvalue weighted by Gasteiger charge is 2.48. The van der Waals surface area contributed by atoms with E-state index in [1.165, 1.54) is 7.05 Å². The molecule has 2 aromatic carbocycles. The third-order valence-electron chi connectivity index (χ3n) is 13.3. The van der Waals surface area contributed by atoms with Crippen molar-refractivity contribution in [3.05, 3.63) is 75.2 Å². The lowest BCUT2D eigenvalue weighted by molar-refractivity contribution is -0.137. The summed E-state index contributed by atoms with van der Waals surface area (Å²) in [6.07, 6.45) is 8.60. The number of carbonyl (C=O) groups is 4. The van der Waals surface area contributed by atoms with Gasteiger partial charge < -0.3 is 39.4 Å². The summed E-state index contributed by atoms with van der Waals surface area (Å²) in [5.74, 6) is 0.0235. The molecule has 326 valence electrons. The zero-order valence-electron chi connectivity index (χ0n) is 35.2. The quantitative estimate of drug-likeness (QED) is 0.170. The van der Waals surface area contributed by atoms with Gasteiger partial charge in [0, 0.05) is 80.1 Å². The van der Waals surface area contributed by atoms with Crippen molar-refractivity contribution in [2.24, 2.45) is 5.41 Å². The van der Waals surface area contributed by atoms with E-state index in [9.17, 15) is 24.0 Å². The van der Waals surface area contributed by atoms with Crippen LogP contribution in [0.5, 0.6) is 5.75 Å². The fraction of sp³-hybridized carbons (Fsp3) is 0.489. The van der Waals surface area contributed by atoms with E-state index < -0.39 is 11.9 Å². The van der Waals surface area contributed by atoms with Gasteiger partial charge in [0.1, 0.15) is 11.1 Å². The summed E-state index contributed by atoms with van der Waals surface area (Å²) in [6.45, 7) is 7.28. The van der Waals surface area contributed by atoms with Gasteiger partial charge in [0.25, 0.3) is 17.4 Å². The number of carbonyl (C=O) groups excluding carboxylic acids is 4. The van der Waals surface area contributed by atoms with Gasteiger partial charge in [-0.15, -0.1) is 0 Å². The van der Waals surface area contributed by atoms with Crippen molar-refractivity contribution >= 4 is 69.3 Å². The van der Waals surface area contributed by atoms with Gasteiger partial charge >= 0.3 is 0 Å². The molecule has 1 spiro atoms. The van der Waals surface area contributed by atoms with Crippen molar-refractivity contribution in [2.75, 3.05) is 55.0 Å². The molecule has 9 rings (SSSR count). The number of imide groups is 1. The summed E-state index contributed by atoms with van der Waals surface area (Å²) in [7, 11) is 1.52. The second-order valence-electron chi connectivity index (χ2n) is 17.5. The predicted octanol–water partition coefficient (Wildman–Crippen LogP) is 5.09. The SMILES string of the molecule is CNC(=O)COc1cc2cc(Nc3nc(N4CCC5(CC4)CC(OC4CCN(c6cccc7c6CN(C6CCC(=O)NC6=O)C7=O)CC4)C5)ncc3Cl)ccc2n(C(C)C)c1=O. The normalized spacial score (nSPS) is 20.4. The zero-order chi connectivity index (χ0) is 43.3. The number of ether oxygens (including phenoxy) is 2. The molecule has 4 amide bonds. The number of amides is 4. The number of aromatic nitrogens is 3. The lowest BCUT2D eigenvalue weighted by atomic mass is 9.61. The van der Waals surface area contributed by atoms with Gasteiger partial charge in [0.2, 0.25) is 17.8 Å². The van der Waals surface area contributed by atoms with Crippen LogP contribution in [0.15, 0.2) is 53.5 Å². The molecule has 5 aliphatic rings. The number of piperidine rings is 3. The lowest BCUT2D eigenvalue weighted by Gasteiger charge is -2.53. The van der Waals surface area contributed by atoms with E-state index in [4.69, 9.17) is 26.1 Å². The Morgan fingerprint density at radius 1 is 0.984 bits per heavy atom. The second kappa shape index (κ2) is 16.9. The van der Waals surface area contributed by atoms with Crippen molar-refractivity contribution in [2.45, 2.75) is 96.1 Å². The predicted molar refractivity (Wildman–Crippen MR) is 234 cm³/mol. The minimum Gasteiger partial charge on any atom is -0.478 e. The lowest BCUT2D eigenvalue weighted by Crippen LogP contribution is -2.52. The maximum absolute atomic E-state index is 13.4. The van der Waals surface area contributed by atoms with Gasteiger partial charge in [0.15, 0.2) is 18.2 Å². The molecule has 62 heavy (non-hydrogen) atoms. The Balaban J connectivity index is 0.773. The van der Waals surface area contributed by atoms with Gasteiger partial charge in [0.05, 0.1) is 23.9 Å². The maximum atomic E-state index is 13.4. The van der Waals surface area contributed by atoms with Crippen molar-refractivity contribution in [1.82, 2.24) is 30.1 Å². The molecule has 0 bridgehead atoms.